The minimum atomic E-state index is -0.615. The number of ketones is 1. The summed E-state index contributed by atoms with van der Waals surface area (Å²) in [6, 6.07) is 9.16. The van der Waals surface area contributed by atoms with E-state index < -0.39 is 23.5 Å². The maximum Gasteiger partial charge on any atom is 0.287 e. The molecule has 0 aromatic heterocycles. The van der Waals surface area contributed by atoms with Crippen molar-refractivity contribution in [2.75, 3.05) is 13.1 Å². The molecule has 1 saturated heterocycles. The number of benzene rings is 1. The van der Waals surface area contributed by atoms with E-state index in [9.17, 15) is 14.4 Å². The van der Waals surface area contributed by atoms with Gasteiger partial charge >= 0.3 is 0 Å². The highest BCUT2D eigenvalue weighted by Crippen LogP contribution is 2.32. The molecule has 1 saturated carbocycles. The number of nitrogens with one attached hydrogen (secondary N) is 2. The van der Waals surface area contributed by atoms with Crippen LogP contribution in [0.1, 0.15) is 30.7 Å². The Balaban J connectivity index is 1.64. The van der Waals surface area contributed by atoms with Crippen LogP contribution in [0.5, 0.6) is 0 Å². The SMILES string of the molecule is O=C(NCCC1CC1)C(=O)[C@H]1CNC(=O)[C@@H]1c1ccccc1. The Morgan fingerprint density at radius 2 is 1.91 bits per heavy atom. The molecule has 1 heterocycles. The lowest BCUT2D eigenvalue weighted by Crippen LogP contribution is -2.38. The molecule has 22 heavy (non-hydrogen) atoms. The summed E-state index contributed by atoms with van der Waals surface area (Å²) < 4.78 is 0. The van der Waals surface area contributed by atoms with E-state index in [-0.39, 0.29) is 12.5 Å². The highest BCUT2D eigenvalue weighted by atomic mass is 16.2. The zero-order chi connectivity index (χ0) is 15.5. The van der Waals surface area contributed by atoms with Crippen molar-refractivity contribution in [1.29, 1.82) is 0 Å². The maximum atomic E-state index is 12.4. The lowest BCUT2D eigenvalue weighted by Gasteiger charge is -2.15. The molecule has 5 heteroatoms. The molecule has 2 N–H and O–H groups in total. The van der Waals surface area contributed by atoms with E-state index in [0.717, 1.165) is 12.0 Å². The predicted molar refractivity (Wildman–Crippen MR) is 81.0 cm³/mol. The van der Waals surface area contributed by atoms with Crippen molar-refractivity contribution in [2.45, 2.75) is 25.2 Å². The summed E-state index contributed by atoms with van der Waals surface area (Å²) in [6.45, 7) is 0.770. The van der Waals surface area contributed by atoms with E-state index in [1.807, 2.05) is 30.3 Å². The average Bonchev–Trinajstić information content (AvgIpc) is 3.28. The van der Waals surface area contributed by atoms with Gasteiger partial charge in [0, 0.05) is 13.1 Å². The smallest absolute Gasteiger partial charge is 0.287 e. The van der Waals surface area contributed by atoms with E-state index in [2.05, 4.69) is 10.6 Å². The van der Waals surface area contributed by atoms with Gasteiger partial charge in [0.25, 0.3) is 5.91 Å². The number of carbonyl (C=O) groups is 3. The van der Waals surface area contributed by atoms with Gasteiger partial charge < -0.3 is 10.6 Å². The van der Waals surface area contributed by atoms with Gasteiger partial charge in [-0.25, -0.2) is 0 Å². The summed E-state index contributed by atoms with van der Waals surface area (Å²) in [5, 5.41) is 5.39. The van der Waals surface area contributed by atoms with Crippen molar-refractivity contribution < 1.29 is 14.4 Å². The topological polar surface area (TPSA) is 75.3 Å². The number of carbonyl (C=O) groups excluding carboxylic acids is 3. The first-order chi connectivity index (χ1) is 10.7. The largest absolute Gasteiger partial charge is 0.355 e. The van der Waals surface area contributed by atoms with Gasteiger partial charge in [0.15, 0.2) is 0 Å². The van der Waals surface area contributed by atoms with Crippen molar-refractivity contribution >= 4 is 17.6 Å². The van der Waals surface area contributed by atoms with Gasteiger partial charge in [0.2, 0.25) is 11.7 Å². The molecular weight excluding hydrogens is 280 g/mol. The fourth-order valence-corrected chi connectivity index (χ4v) is 2.96. The predicted octanol–water partition coefficient (Wildman–Crippen LogP) is 1.00. The molecule has 1 aromatic rings. The first kappa shape index (κ1) is 14.8. The van der Waals surface area contributed by atoms with E-state index in [4.69, 9.17) is 0 Å². The molecule has 2 fully saturated rings. The fraction of sp³-hybridized carbons (Fsp3) is 0.471. The first-order valence-electron chi connectivity index (χ1n) is 7.81. The van der Waals surface area contributed by atoms with E-state index >= 15 is 0 Å². The van der Waals surface area contributed by atoms with Crippen molar-refractivity contribution in [1.82, 2.24) is 10.6 Å². The number of rotatable bonds is 6. The molecule has 0 bridgehead atoms. The van der Waals surface area contributed by atoms with E-state index in [0.29, 0.717) is 12.5 Å². The molecule has 0 radical (unpaired) electrons. The average molecular weight is 300 g/mol. The molecule has 1 aromatic carbocycles. The van der Waals surface area contributed by atoms with Crippen LogP contribution in [0.25, 0.3) is 0 Å². The van der Waals surface area contributed by atoms with Crippen molar-refractivity contribution in [3.05, 3.63) is 35.9 Å². The second-order valence-electron chi connectivity index (χ2n) is 6.09. The Kier molecular flexibility index (Phi) is 4.22. The second-order valence-corrected chi connectivity index (χ2v) is 6.09. The number of hydrogen-bond donors (Lipinski definition) is 2. The standard InChI is InChI=1S/C17H20N2O3/c20-15(17(22)18-9-8-11-6-7-11)13-10-19-16(21)14(13)12-4-2-1-3-5-12/h1-5,11,13-14H,6-10H2,(H,18,22)(H,19,21)/t13-,14+/m0/s1. The summed E-state index contributed by atoms with van der Waals surface area (Å²) in [7, 11) is 0. The first-order valence-corrected chi connectivity index (χ1v) is 7.81. The Labute approximate surface area is 129 Å². The van der Waals surface area contributed by atoms with Gasteiger partial charge in [-0.15, -0.1) is 0 Å². The van der Waals surface area contributed by atoms with Crippen molar-refractivity contribution in [3.63, 3.8) is 0 Å². The van der Waals surface area contributed by atoms with Gasteiger partial charge in [-0.05, 0) is 17.9 Å². The summed E-state index contributed by atoms with van der Waals surface area (Å²) in [5.41, 5.74) is 0.779. The lowest BCUT2D eigenvalue weighted by molar-refractivity contribution is -0.140. The minimum absolute atomic E-state index is 0.185. The van der Waals surface area contributed by atoms with E-state index in [1.165, 1.54) is 12.8 Å². The monoisotopic (exact) mass is 300 g/mol. The lowest BCUT2D eigenvalue weighted by atomic mass is 9.85. The van der Waals surface area contributed by atoms with Gasteiger partial charge in [-0.3, -0.25) is 14.4 Å². The minimum Gasteiger partial charge on any atom is -0.355 e. The zero-order valence-corrected chi connectivity index (χ0v) is 12.4. The quantitative estimate of drug-likeness (QED) is 0.770. The fourth-order valence-electron chi connectivity index (χ4n) is 2.96. The molecule has 1 aliphatic heterocycles. The maximum absolute atomic E-state index is 12.4. The van der Waals surface area contributed by atoms with Crippen LogP contribution in [0.4, 0.5) is 0 Å². The number of hydrogen-bond acceptors (Lipinski definition) is 3. The van der Waals surface area contributed by atoms with Crippen LogP contribution in [0.3, 0.4) is 0 Å². The Morgan fingerprint density at radius 3 is 2.59 bits per heavy atom. The van der Waals surface area contributed by atoms with Crippen molar-refractivity contribution in [3.8, 4) is 0 Å². The van der Waals surface area contributed by atoms with Crippen LogP contribution in [0, 0.1) is 11.8 Å². The highest BCUT2D eigenvalue weighted by Gasteiger charge is 2.42. The third-order valence-corrected chi connectivity index (χ3v) is 4.44. The third kappa shape index (κ3) is 3.18. The molecule has 116 valence electrons. The van der Waals surface area contributed by atoms with Crippen LogP contribution >= 0.6 is 0 Å². The van der Waals surface area contributed by atoms with Gasteiger partial charge in [0.05, 0.1) is 11.8 Å². The third-order valence-electron chi connectivity index (χ3n) is 4.44. The molecule has 2 amide bonds. The summed E-state index contributed by atoms with van der Waals surface area (Å²) in [5.74, 6) is -1.72. The zero-order valence-electron chi connectivity index (χ0n) is 12.4. The molecule has 1 aliphatic carbocycles. The summed E-state index contributed by atoms with van der Waals surface area (Å²) in [4.78, 5) is 36.4. The Hall–Kier alpha value is -2.17. The second kappa shape index (κ2) is 6.30. The van der Waals surface area contributed by atoms with Crippen molar-refractivity contribution in [2.24, 2.45) is 11.8 Å². The number of Topliss-reactive ketones (excluding diaryl/α,β-unsaturated/α-hetero) is 1. The van der Waals surface area contributed by atoms with Gasteiger partial charge in [0.1, 0.15) is 0 Å². The molecule has 0 spiro atoms. The van der Waals surface area contributed by atoms with Gasteiger partial charge in [-0.1, -0.05) is 43.2 Å². The van der Waals surface area contributed by atoms with Crippen LogP contribution < -0.4 is 10.6 Å². The highest BCUT2D eigenvalue weighted by molar-refractivity contribution is 6.37. The van der Waals surface area contributed by atoms with Crippen LogP contribution in [0.15, 0.2) is 30.3 Å². The number of amides is 2. The summed E-state index contributed by atoms with van der Waals surface area (Å²) >= 11 is 0. The molecule has 2 aliphatic rings. The van der Waals surface area contributed by atoms with Crippen LogP contribution in [0.2, 0.25) is 0 Å². The Morgan fingerprint density at radius 1 is 1.18 bits per heavy atom. The Bertz CT molecular complexity index is 581. The molecule has 5 nitrogen and oxygen atoms in total. The molecule has 0 unspecified atom stereocenters. The van der Waals surface area contributed by atoms with E-state index in [1.54, 1.807) is 0 Å². The molecule has 3 rings (SSSR count). The van der Waals surface area contributed by atoms with Crippen LogP contribution in [-0.2, 0) is 14.4 Å². The summed E-state index contributed by atoms with van der Waals surface area (Å²) in [6.07, 6.45) is 3.38. The molecular formula is C17H20N2O3. The van der Waals surface area contributed by atoms with Gasteiger partial charge in [-0.2, -0.15) is 0 Å². The van der Waals surface area contributed by atoms with Crippen LogP contribution in [-0.4, -0.2) is 30.7 Å². The molecule has 2 atom stereocenters. The normalized spacial score (nSPS) is 23.9.